The number of hydrogen-bond acceptors (Lipinski definition) is 3. The van der Waals surface area contributed by atoms with Crippen molar-refractivity contribution in [2.45, 2.75) is 39.0 Å². The number of unbranched alkanes of at least 4 members (excludes halogenated alkanes) is 3. The smallest absolute Gasteiger partial charge is 0.238 e. The molecule has 4 heteroatoms. The molecule has 132 valence electrons. The van der Waals surface area contributed by atoms with Gasteiger partial charge in [-0.15, -0.1) is 0 Å². The highest BCUT2D eigenvalue weighted by Crippen LogP contribution is 2.53. The molecule has 0 spiro atoms. The molecule has 4 atom stereocenters. The third kappa shape index (κ3) is 2.78. The van der Waals surface area contributed by atoms with E-state index in [2.05, 4.69) is 19.1 Å². The van der Waals surface area contributed by atoms with E-state index in [0.717, 1.165) is 18.6 Å². The predicted molar refractivity (Wildman–Crippen MR) is 96.3 cm³/mol. The Balaban J connectivity index is 1.46. The van der Waals surface area contributed by atoms with Gasteiger partial charge in [0.05, 0.1) is 24.1 Å². The molecule has 0 unspecified atom stereocenters. The molecular weight excluding hydrogens is 314 g/mol. The quantitative estimate of drug-likeness (QED) is 0.429. The maximum atomic E-state index is 12.9. The number of allylic oxidation sites excluding steroid dienone is 2. The molecule has 2 amide bonds. The highest BCUT2D eigenvalue weighted by atomic mass is 16.5. The summed E-state index contributed by atoms with van der Waals surface area (Å²) in [5.74, 6) is 0.845. The van der Waals surface area contributed by atoms with Crippen molar-refractivity contribution in [3.63, 3.8) is 0 Å². The number of benzene rings is 1. The van der Waals surface area contributed by atoms with Gasteiger partial charge in [0.2, 0.25) is 11.8 Å². The highest BCUT2D eigenvalue weighted by Gasteiger charge is 2.59. The summed E-state index contributed by atoms with van der Waals surface area (Å²) in [4.78, 5) is 27.1. The van der Waals surface area contributed by atoms with Crippen LogP contribution < -0.4 is 9.64 Å². The van der Waals surface area contributed by atoms with Gasteiger partial charge in [-0.3, -0.25) is 9.59 Å². The number of nitrogens with zero attached hydrogens (tertiary/aromatic N) is 1. The maximum absolute atomic E-state index is 12.9. The van der Waals surface area contributed by atoms with E-state index in [9.17, 15) is 9.59 Å². The minimum Gasteiger partial charge on any atom is -0.494 e. The summed E-state index contributed by atoms with van der Waals surface area (Å²) in [5, 5.41) is 0. The van der Waals surface area contributed by atoms with E-state index >= 15 is 0 Å². The molecule has 2 bridgehead atoms. The van der Waals surface area contributed by atoms with Crippen LogP contribution >= 0.6 is 0 Å². The molecule has 1 saturated heterocycles. The second-order valence-electron chi connectivity index (χ2n) is 7.42. The summed E-state index contributed by atoms with van der Waals surface area (Å²) >= 11 is 0. The van der Waals surface area contributed by atoms with Crippen molar-refractivity contribution < 1.29 is 14.3 Å². The lowest BCUT2D eigenvalue weighted by atomic mass is 9.85. The second-order valence-corrected chi connectivity index (χ2v) is 7.42. The molecule has 0 N–H and O–H groups in total. The van der Waals surface area contributed by atoms with Gasteiger partial charge in [-0.25, -0.2) is 4.90 Å². The van der Waals surface area contributed by atoms with Gasteiger partial charge in [0.15, 0.2) is 0 Å². The molecule has 4 nitrogen and oxygen atoms in total. The molecule has 1 saturated carbocycles. The Bertz CT molecular complexity index is 681. The Morgan fingerprint density at radius 1 is 1.04 bits per heavy atom. The second kappa shape index (κ2) is 6.66. The SMILES string of the molecule is CCCCCCOc1cccc(N2C(=O)[C@@H]3[C@@H](C2=O)[C@@H]2C=C[C@@H]3C2)c1. The number of ether oxygens (including phenoxy) is 1. The van der Waals surface area contributed by atoms with E-state index in [4.69, 9.17) is 4.74 Å². The van der Waals surface area contributed by atoms with Crippen molar-refractivity contribution in [1.82, 2.24) is 0 Å². The molecule has 1 aromatic rings. The summed E-state index contributed by atoms with van der Waals surface area (Å²) in [5.41, 5.74) is 0.648. The fourth-order valence-corrected chi connectivity index (χ4v) is 4.59. The molecular formula is C21H25NO3. The van der Waals surface area contributed by atoms with E-state index in [1.807, 2.05) is 24.3 Å². The van der Waals surface area contributed by atoms with Crippen LogP contribution in [0.15, 0.2) is 36.4 Å². The number of amides is 2. The van der Waals surface area contributed by atoms with Gasteiger partial charge in [0, 0.05) is 6.07 Å². The molecule has 2 aliphatic carbocycles. The Labute approximate surface area is 148 Å². The van der Waals surface area contributed by atoms with Crippen LogP contribution in [0.4, 0.5) is 5.69 Å². The van der Waals surface area contributed by atoms with Crippen LogP contribution in [-0.2, 0) is 9.59 Å². The van der Waals surface area contributed by atoms with Crippen LogP contribution in [0.1, 0.15) is 39.0 Å². The predicted octanol–water partition coefficient (Wildman–Crippen LogP) is 3.96. The normalized spacial score (nSPS) is 29.6. The van der Waals surface area contributed by atoms with Crippen LogP contribution in [0.3, 0.4) is 0 Å². The van der Waals surface area contributed by atoms with Crippen LogP contribution in [0.5, 0.6) is 5.75 Å². The third-order valence-electron chi connectivity index (χ3n) is 5.81. The first-order chi connectivity index (χ1) is 12.2. The molecule has 1 aliphatic heterocycles. The monoisotopic (exact) mass is 339 g/mol. The number of rotatable bonds is 7. The zero-order valence-electron chi connectivity index (χ0n) is 14.7. The van der Waals surface area contributed by atoms with Crippen LogP contribution in [0.2, 0.25) is 0 Å². The van der Waals surface area contributed by atoms with Crippen molar-refractivity contribution in [3.05, 3.63) is 36.4 Å². The zero-order valence-corrected chi connectivity index (χ0v) is 14.7. The minimum absolute atomic E-state index is 0.0352. The Morgan fingerprint density at radius 3 is 2.44 bits per heavy atom. The summed E-state index contributed by atoms with van der Waals surface area (Å²) in [6.07, 6.45) is 9.82. The van der Waals surface area contributed by atoms with Crippen LogP contribution in [-0.4, -0.2) is 18.4 Å². The van der Waals surface area contributed by atoms with Crippen molar-refractivity contribution in [3.8, 4) is 5.75 Å². The summed E-state index contributed by atoms with van der Waals surface area (Å²) in [6.45, 7) is 2.86. The van der Waals surface area contributed by atoms with E-state index in [1.54, 1.807) is 0 Å². The van der Waals surface area contributed by atoms with Crippen molar-refractivity contribution in [1.29, 1.82) is 0 Å². The molecule has 0 radical (unpaired) electrons. The van der Waals surface area contributed by atoms with Crippen molar-refractivity contribution >= 4 is 17.5 Å². The molecule has 1 heterocycles. The lowest BCUT2D eigenvalue weighted by Crippen LogP contribution is -2.32. The third-order valence-corrected chi connectivity index (χ3v) is 5.81. The van der Waals surface area contributed by atoms with E-state index in [1.165, 1.54) is 24.2 Å². The van der Waals surface area contributed by atoms with Gasteiger partial charge in [-0.05, 0) is 36.8 Å². The van der Waals surface area contributed by atoms with Crippen molar-refractivity contribution in [2.24, 2.45) is 23.7 Å². The van der Waals surface area contributed by atoms with Gasteiger partial charge in [0.1, 0.15) is 5.75 Å². The fraction of sp³-hybridized carbons (Fsp3) is 0.524. The van der Waals surface area contributed by atoms with Crippen molar-refractivity contribution in [2.75, 3.05) is 11.5 Å². The Hall–Kier alpha value is -2.10. The Morgan fingerprint density at radius 2 is 1.76 bits per heavy atom. The average molecular weight is 339 g/mol. The standard InChI is InChI=1S/C21H25NO3/c1-2-3-4-5-11-25-17-8-6-7-16(13-17)22-20(23)18-14-9-10-15(12-14)19(18)21(22)24/h6-10,13-15,18-19H,2-5,11-12H2,1H3/t14-,15-,18+,19+/m1/s1. The highest BCUT2D eigenvalue weighted by molar-refractivity contribution is 6.22. The van der Waals surface area contributed by atoms with Gasteiger partial charge in [-0.1, -0.05) is 44.4 Å². The molecule has 3 aliphatic rings. The van der Waals surface area contributed by atoms with Crippen LogP contribution in [0, 0.1) is 23.7 Å². The average Bonchev–Trinajstić information content (AvgIpc) is 3.29. The maximum Gasteiger partial charge on any atom is 0.238 e. The molecule has 4 rings (SSSR count). The zero-order chi connectivity index (χ0) is 17.4. The van der Waals surface area contributed by atoms with Crippen LogP contribution in [0.25, 0.3) is 0 Å². The molecule has 2 fully saturated rings. The molecule has 25 heavy (non-hydrogen) atoms. The first kappa shape index (κ1) is 16.4. The fourth-order valence-electron chi connectivity index (χ4n) is 4.59. The van der Waals surface area contributed by atoms with Gasteiger partial charge >= 0.3 is 0 Å². The largest absolute Gasteiger partial charge is 0.494 e. The summed E-state index contributed by atoms with van der Waals surface area (Å²) in [6, 6.07) is 7.40. The first-order valence-electron chi connectivity index (χ1n) is 9.49. The van der Waals surface area contributed by atoms with Gasteiger partial charge in [-0.2, -0.15) is 0 Å². The van der Waals surface area contributed by atoms with Gasteiger partial charge < -0.3 is 4.74 Å². The number of imide groups is 1. The lowest BCUT2D eigenvalue weighted by Gasteiger charge is -2.18. The molecule has 1 aromatic carbocycles. The summed E-state index contributed by atoms with van der Waals surface area (Å²) in [7, 11) is 0. The summed E-state index contributed by atoms with van der Waals surface area (Å²) < 4.78 is 5.81. The Kier molecular flexibility index (Phi) is 4.36. The van der Waals surface area contributed by atoms with E-state index in [0.29, 0.717) is 12.3 Å². The number of fused-ring (bicyclic) bond motifs is 5. The van der Waals surface area contributed by atoms with E-state index < -0.39 is 0 Å². The number of hydrogen-bond donors (Lipinski definition) is 0. The number of anilines is 1. The number of carbonyl (C=O) groups is 2. The van der Waals surface area contributed by atoms with Gasteiger partial charge in [0.25, 0.3) is 0 Å². The topological polar surface area (TPSA) is 46.6 Å². The minimum atomic E-state index is -0.152. The number of carbonyl (C=O) groups excluding carboxylic acids is 2. The van der Waals surface area contributed by atoms with E-state index in [-0.39, 0.29) is 35.5 Å². The first-order valence-corrected chi connectivity index (χ1v) is 9.49. The molecule has 0 aromatic heterocycles. The lowest BCUT2D eigenvalue weighted by molar-refractivity contribution is -0.123.